The van der Waals surface area contributed by atoms with Crippen LogP contribution < -0.4 is 0 Å². The van der Waals surface area contributed by atoms with Gasteiger partial charge < -0.3 is 4.90 Å². The van der Waals surface area contributed by atoms with Crippen LogP contribution in [0.5, 0.6) is 0 Å². The Kier molecular flexibility index (Phi) is 5.12. The van der Waals surface area contributed by atoms with E-state index in [1.807, 2.05) is 0 Å². The molecule has 1 aromatic rings. The number of carbonyl (C=O) groups is 1. The molecule has 114 valence electrons. The highest BCUT2D eigenvalue weighted by Gasteiger charge is 2.32. The zero-order valence-electron chi connectivity index (χ0n) is 11.4. The average molecular weight is 315 g/mol. The third-order valence-electron chi connectivity index (χ3n) is 3.69. The fraction of sp³-hybridized carbons (Fsp3) is 0.500. The molecule has 1 aliphatic heterocycles. The van der Waals surface area contributed by atoms with Crippen LogP contribution in [-0.4, -0.2) is 34.2 Å². The Morgan fingerprint density at radius 1 is 1.52 bits per heavy atom. The predicted octanol–water partition coefficient (Wildman–Crippen LogP) is 3.36. The molecular formula is C14H16ClFN2O3. The first-order valence-electron chi connectivity index (χ1n) is 6.85. The first-order chi connectivity index (χ1) is 10.0. The van der Waals surface area contributed by atoms with E-state index in [9.17, 15) is 19.3 Å². The number of hydrogen-bond donors (Lipinski definition) is 0. The van der Waals surface area contributed by atoms with Crippen LogP contribution in [0.25, 0.3) is 0 Å². The quantitative estimate of drug-likeness (QED) is 0.475. The second kappa shape index (κ2) is 6.85. The summed E-state index contributed by atoms with van der Waals surface area (Å²) in [7, 11) is 0. The first kappa shape index (κ1) is 15.7. The van der Waals surface area contributed by atoms with Gasteiger partial charge in [-0.05, 0) is 37.8 Å². The van der Waals surface area contributed by atoms with Crippen molar-refractivity contribution in [3.8, 4) is 0 Å². The number of alkyl halides is 1. The molecular weight excluding hydrogens is 299 g/mol. The van der Waals surface area contributed by atoms with Crippen LogP contribution in [0.2, 0.25) is 0 Å². The predicted molar refractivity (Wildman–Crippen MR) is 77.1 cm³/mol. The Bertz CT molecular complexity index is 553. The van der Waals surface area contributed by atoms with Crippen LogP contribution in [0.3, 0.4) is 0 Å². The lowest BCUT2D eigenvalue weighted by Crippen LogP contribution is -2.36. The molecule has 0 aromatic heterocycles. The average Bonchev–Trinajstić information content (AvgIpc) is 2.92. The molecule has 1 aromatic carbocycles. The molecule has 1 aliphatic rings. The van der Waals surface area contributed by atoms with E-state index in [0.29, 0.717) is 12.4 Å². The van der Waals surface area contributed by atoms with Gasteiger partial charge in [0.2, 0.25) is 0 Å². The Labute approximate surface area is 126 Å². The van der Waals surface area contributed by atoms with Gasteiger partial charge in [0.25, 0.3) is 11.6 Å². The summed E-state index contributed by atoms with van der Waals surface area (Å²) < 4.78 is 13.3. The van der Waals surface area contributed by atoms with E-state index in [2.05, 4.69) is 0 Å². The molecule has 1 heterocycles. The standard InChI is InChI=1S/C14H16ClFN2O3/c15-7-1-3-11-4-2-8-17(11)14(19)12-9-10(16)5-6-13(12)18(20)21/h5-6,9,11H,1-4,7-8H2. The molecule has 7 heteroatoms. The van der Waals surface area contributed by atoms with E-state index in [4.69, 9.17) is 11.6 Å². The zero-order valence-corrected chi connectivity index (χ0v) is 12.2. The third kappa shape index (κ3) is 3.50. The highest BCUT2D eigenvalue weighted by atomic mass is 35.5. The van der Waals surface area contributed by atoms with Crippen molar-refractivity contribution in [3.05, 3.63) is 39.7 Å². The number of carbonyl (C=O) groups excluding carboxylic acids is 1. The summed E-state index contributed by atoms with van der Waals surface area (Å²) >= 11 is 5.67. The summed E-state index contributed by atoms with van der Waals surface area (Å²) in [6.07, 6.45) is 3.24. The number of likely N-dealkylation sites (tertiary alicyclic amines) is 1. The number of nitro groups is 1. The van der Waals surface area contributed by atoms with Crippen molar-refractivity contribution in [1.29, 1.82) is 0 Å². The maximum atomic E-state index is 13.3. The van der Waals surface area contributed by atoms with Crippen LogP contribution in [-0.2, 0) is 0 Å². The van der Waals surface area contributed by atoms with Crippen molar-refractivity contribution in [2.75, 3.05) is 12.4 Å². The number of hydrogen-bond acceptors (Lipinski definition) is 3. The summed E-state index contributed by atoms with van der Waals surface area (Å²) in [5.74, 6) is -0.614. The fourth-order valence-electron chi connectivity index (χ4n) is 2.71. The van der Waals surface area contributed by atoms with E-state index < -0.39 is 16.6 Å². The zero-order chi connectivity index (χ0) is 15.4. The smallest absolute Gasteiger partial charge is 0.282 e. The van der Waals surface area contributed by atoms with E-state index in [-0.39, 0.29) is 17.3 Å². The van der Waals surface area contributed by atoms with E-state index >= 15 is 0 Å². The van der Waals surface area contributed by atoms with Gasteiger partial charge in [-0.1, -0.05) is 0 Å². The monoisotopic (exact) mass is 314 g/mol. The number of nitro benzene ring substituents is 1. The van der Waals surface area contributed by atoms with Crippen molar-refractivity contribution in [1.82, 2.24) is 4.90 Å². The lowest BCUT2D eigenvalue weighted by Gasteiger charge is -2.24. The maximum absolute atomic E-state index is 13.3. The molecule has 1 unspecified atom stereocenters. The van der Waals surface area contributed by atoms with Gasteiger partial charge in [-0.3, -0.25) is 14.9 Å². The molecule has 1 amide bonds. The molecule has 2 rings (SSSR count). The minimum Gasteiger partial charge on any atom is -0.335 e. The molecule has 1 saturated heterocycles. The summed E-state index contributed by atoms with van der Waals surface area (Å²) in [6.45, 7) is 0.541. The number of halogens is 2. The van der Waals surface area contributed by atoms with Gasteiger partial charge in [-0.25, -0.2) is 4.39 Å². The summed E-state index contributed by atoms with van der Waals surface area (Å²) in [5, 5.41) is 11.0. The topological polar surface area (TPSA) is 63.4 Å². The van der Waals surface area contributed by atoms with Gasteiger partial charge >= 0.3 is 0 Å². The largest absolute Gasteiger partial charge is 0.335 e. The van der Waals surface area contributed by atoms with Crippen LogP contribution in [0.15, 0.2) is 18.2 Å². The normalized spacial score (nSPS) is 18.0. The second-order valence-corrected chi connectivity index (χ2v) is 5.42. The van der Waals surface area contributed by atoms with Crippen molar-refractivity contribution in [2.24, 2.45) is 0 Å². The number of rotatable bonds is 5. The summed E-state index contributed by atoms with van der Waals surface area (Å²) in [6, 6.07) is 2.99. The van der Waals surface area contributed by atoms with Crippen molar-refractivity contribution >= 4 is 23.2 Å². The molecule has 0 radical (unpaired) electrons. The lowest BCUT2D eigenvalue weighted by molar-refractivity contribution is -0.385. The summed E-state index contributed by atoms with van der Waals surface area (Å²) in [4.78, 5) is 24.5. The summed E-state index contributed by atoms with van der Waals surface area (Å²) in [5.41, 5.74) is -0.540. The van der Waals surface area contributed by atoms with Gasteiger partial charge in [0, 0.05) is 24.5 Å². The maximum Gasteiger partial charge on any atom is 0.282 e. The first-order valence-corrected chi connectivity index (χ1v) is 7.39. The highest BCUT2D eigenvalue weighted by Crippen LogP contribution is 2.27. The van der Waals surface area contributed by atoms with Crippen LogP contribution in [0.4, 0.5) is 10.1 Å². The molecule has 0 spiro atoms. The van der Waals surface area contributed by atoms with Gasteiger partial charge in [0.15, 0.2) is 0 Å². The van der Waals surface area contributed by atoms with E-state index in [1.165, 1.54) is 0 Å². The molecule has 21 heavy (non-hydrogen) atoms. The van der Waals surface area contributed by atoms with Gasteiger partial charge in [-0.2, -0.15) is 0 Å². The van der Waals surface area contributed by atoms with Gasteiger partial charge in [-0.15, -0.1) is 11.6 Å². The van der Waals surface area contributed by atoms with Crippen LogP contribution >= 0.6 is 11.6 Å². The second-order valence-electron chi connectivity index (χ2n) is 5.04. The van der Waals surface area contributed by atoms with E-state index in [1.54, 1.807) is 4.90 Å². The van der Waals surface area contributed by atoms with Crippen molar-refractivity contribution < 1.29 is 14.1 Å². The van der Waals surface area contributed by atoms with E-state index in [0.717, 1.165) is 43.9 Å². The van der Waals surface area contributed by atoms with Gasteiger partial charge in [0.1, 0.15) is 11.4 Å². The van der Waals surface area contributed by atoms with Crippen LogP contribution in [0.1, 0.15) is 36.0 Å². The molecule has 0 N–H and O–H groups in total. The van der Waals surface area contributed by atoms with Gasteiger partial charge in [0.05, 0.1) is 4.92 Å². The number of amides is 1. The molecule has 5 nitrogen and oxygen atoms in total. The Morgan fingerprint density at radius 2 is 2.29 bits per heavy atom. The SMILES string of the molecule is O=C(c1cc(F)ccc1[N+](=O)[O-])N1CCCC1CCCCl. The Hall–Kier alpha value is -1.69. The Balaban J connectivity index is 2.26. The molecule has 0 aliphatic carbocycles. The minimum absolute atomic E-state index is 0.0270. The lowest BCUT2D eigenvalue weighted by atomic mass is 10.1. The molecule has 0 bridgehead atoms. The molecule has 1 fully saturated rings. The van der Waals surface area contributed by atoms with Crippen molar-refractivity contribution in [2.45, 2.75) is 31.7 Å². The highest BCUT2D eigenvalue weighted by molar-refractivity contribution is 6.17. The fourth-order valence-corrected chi connectivity index (χ4v) is 2.86. The van der Waals surface area contributed by atoms with Crippen molar-refractivity contribution in [3.63, 3.8) is 0 Å². The third-order valence-corrected chi connectivity index (χ3v) is 3.96. The van der Waals surface area contributed by atoms with Crippen LogP contribution in [0, 0.1) is 15.9 Å². The molecule has 1 atom stereocenters. The number of benzene rings is 1. The Morgan fingerprint density at radius 3 is 2.95 bits per heavy atom. The molecule has 0 saturated carbocycles. The minimum atomic E-state index is -0.656. The number of nitrogens with zero attached hydrogens (tertiary/aromatic N) is 2.